The zero-order valence-corrected chi connectivity index (χ0v) is 17.4. The maximum Gasteiger partial charge on any atom is 0.338 e. The second-order valence-corrected chi connectivity index (χ2v) is 8.15. The van der Waals surface area contributed by atoms with E-state index >= 15 is 0 Å². The zero-order valence-electron chi connectivity index (χ0n) is 17.4. The molecule has 1 aromatic carbocycles. The fraction of sp³-hybridized carbons (Fsp3) is 0.480. The van der Waals surface area contributed by atoms with Gasteiger partial charge in [0.05, 0.1) is 11.7 Å². The Morgan fingerprint density at radius 2 is 2.00 bits per heavy atom. The van der Waals surface area contributed by atoms with Crippen LogP contribution in [0.2, 0.25) is 0 Å². The van der Waals surface area contributed by atoms with Gasteiger partial charge in [-0.15, -0.1) is 11.8 Å². The quantitative estimate of drug-likeness (QED) is 0.338. The molecule has 0 amide bonds. The number of hydrogen-bond acceptors (Lipinski definition) is 5. The van der Waals surface area contributed by atoms with Crippen LogP contribution in [-0.4, -0.2) is 34.9 Å². The number of benzene rings is 1. The van der Waals surface area contributed by atoms with Crippen LogP contribution in [0.4, 0.5) is 0 Å². The van der Waals surface area contributed by atoms with E-state index in [1.165, 1.54) is 0 Å². The number of rotatable bonds is 6. The first-order valence-corrected chi connectivity index (χ1v) is 10.6. The average Bonchev–Trinajstić information content (AvgIpc) is 3.22. The van der Waals surface area contributed by atoms with Gasteiger partial charge in [-0.05, 0) is 30.4 Å². The molecule has 2 unspecified atom stereocenters. The van der Waals surface area contributed by atoms with Crippen LogP contribution >= 0.6 is 0 Å². The largest absolute Gasteiger partial charge is 0.458 e. The van der Waals surface area contributed by atoms with Crippen LogP contribution in [0.3, 0.4) is 0 Å². The van der Waals surface area contributed by atoms with E-state index < -0.39 is 24.1 Å². The van der Waals surface area contributed by atoms with Crippen molar-refractivity contribution in [2.24, 2.45) is 23.7 Å². The van der Waals surface area contributed by atoms with Gasteiger partial charge in [0, 0.05) is 31.1 Å². The highest BCUT2D eigenvalue weighted by Crippen LogP contribution is 2.46. The minimum Gasteiger partial charge on any atom is -0.458 e. The summed E-state index contributed by atoms with van der Waals surface area (Å²) in [6.07, 6.45) is 4.20. The average molecular weight is 408 g/mol. The van der Waals surface area contributed by atoms with Gasteiger partial charge in [-0.2, -0.15) is 0 Å². The molecule has 2 fully saturated rings. The Morgan fingerprint density at radius 1 is 1.27 bits per heavy atom. The fourth-order valence-corrected chi connectivity index (χ4v) is 4.31. The van der Waals surface area contributed by atoms with Crippen LogP contribution in [-0.2, 0) is 14.3 Å². The fourth-order valence-electron chi connectivity index (χ4n) is 4.31. The van der Waals surface area contributed by atoms with Crippen LogP contribution in [0.1, 0.15) is 49.9 Å². The van der Waals surface area contributed by atoms with Gasteiger partial charge < -0.3 is 9.84 Å². The van der Waals surface area contributed by atoms with Gasteiger partial charge in [-0.3, -0.25) is 9.59 Å². The molecule has 1 aromatic rings. The number of hydrogen-bond donors (Lipinski definition) is 1. The number of carbonyl (C=O) groups excluding carboxylic acids is 3. The molecule has 0 spiro atoms. The Kier molecular flexibility index (Phi) is 7.23. The molecule has 0 aliphatic heterocycles. The van der Waals surface area contributed by atoms with Gasteiger partial charge >= 0.3 is 5.97 Å². The number of esters is 1. The van der Waals surface area contributed by atoms with Crippen molar-refractivity contribution < 1.29 is 24.2 Å². The lowest BCUT2D eigenvalue weighted by molar-refractivity contribution is -0.136. The van der Waals surface area contributed by atoms with Gasteiger partial charge in [0.25, 0.3) is 0 Å². The highest BCUT2D eigenvalue weighted by Gasteiger charge is 2.53. The van der Waals surface area contributed by atoms with Crippen molar-refractivity contribution in [1.29, 1.82) is 0 Å². The predicted octanol–water partition coefficient (Wildman–Crippen LogP) is 3.36. The van der Waals surface area contributed by atoms with E-state index in [-0.39, 0.29) is 35.7 Å². The number of aliphatic hydroxyl groups excluding tert-OH is 1. The standard InChI is InChI=1S/C25H28O5/c1-3-4-6-9-16(2)21(26)13-12-18-19-14-22(27)24(28)20(19)15-23(18)30-25(29)17-10-7-5-8-11-17/h5,7-8,10-13,16,18-21,23,26H,3,9,14-15H2,1-2H3/b13-12+/t16?,18-,19-,20+,21?,23-/m1/s1. The molecule has 0 bridgehead atoms. The molecule has 0 saturated heterocycles. The van der Waals surface area contributed by atoms with Gasteiger partial charge in [0.15, 0.2) is 5.78 Å². The van der Waals surface area contributed by atoms with Crippen molar-refractivity contribution in [2.45, 2.75) is 51.7 Å². The highest BCUT2D eigenvalue weighted by molar-refractivity contribution is 6.40. The number of ether oxygens (including phenoxy) is 1. The second-order valence-electron chi connectivity index (χ2n) is 8.15. The van der Waals surface area contributed by atoms with Gasteiger partial charge in [-0.25, -0.2) is 4.79 Å². The number of ketones is 2. The van der Waals surface area contributed by atoms with E-state index in [1.807, 2.05) is 26.0 Å². The van der Waals surface area contributed by atoms with E-state index in [9.17, 15) is 19.5 Å². The van der Waals surface area contributed by atoms with E-state index in [4.69, 9.17) is 4.74 Å². The van der Waals surface area contributed by atoms with E-state index in [2.05, 4.69) is 11.8 Å². The normalized spacial score (nSPS) is 27.4. The first-order chi connectivity index (χ1) is 14.4. The minimum atomic E-state index is -0.700. The third kappa shape index (κ3) is 4.88. The SMILES string of the molecule is CCC#CCC(C)C(O)/C=C/[C@@H]1[C@H]2CC(=O)C(=O)[C@H]2C[C@H]1OC(=O)c1ccccc1. The molecule has 5 nitrogen and oxygen atoms in total. The van der Waals surface area contributed by atoms with Gasteiger partial charge in [-0.1, -0.05) is 44.2 Å². The third-order valence-electron chi connectivity index (χ3n) is 6.07. The Bertz CT molecular complexity index is 876. The Balaban J connectivity index is 1.74. The third-order valence-corrected chi connectivity index (χ3v) is 6.07. The Hall–Kier alpha value is -2.71. The van der Waals surface area contributed by atoms with Crippen molar-refractivity contribution in [3.8, 4) is 11.8 Å². The summed E-state index contributed by atoms with van der Waals surface area (Å²) in [7, 11) is 0. The van der Waals surface area contributed by atoms with Crippen molar-refractivity contribution in [2.75, 3.05) is 0 Å². The molecule has 30 heavy (non-hydrogen) atoms. The number of fused-ring (bicyclic) bond motifs is 1. The second kappa shape index (κ2) is 9.86. The summed E-state index contributed by atoms with van der Waals surface area (Å²) >= 11 is 0. The molecule has 0 heterocycles. The number of Topliss-reactive ketones (excluding diaryl/α,β-unsaturated/α-hetero) is 2. The van der Waals surface area contributed by atoms with E-state index in [0.717, 1.165) is 6.42 Å². The molecule has 3 rings (SSSR count). The molecule has 1 N–H and O–H groups in total. The molecule has 2 aliphatic carbocycles. The summed E-state index contributed by atoms with van der Waals surface area (Å²) in [6.45, 7) is 3.90. The van der Waals surface area contributed by atoms with Gasteiger partial charge in [0.2, 0.25) is 5.78 Å². The van der Waals surface area contributed by atoms with Crippen LogP contribution in [0, 0.1) is 35.5 Å². The summed E-state index contributed by atoms with van der Waals surface area (Å²) in [5.41, 5.74) is 0.447. The summed E-state index contributed by atoms with van der Waals surface area (Å²) in [4.78, 5) is 36.7. The molecular formula is C25H28O5. The van der Waals surface area contributed by atoms with Crippen LogP contribution in [0.15, 0.2) is 42.5 Å². The van der Waals surface area contributed by atoms with Crippen molar-refractivity contribution in [1.82, 2.24) is 0 Å². The first kappa shape index (κ1) is 22.0. The maximum atomic E-state index is 12.5. The van der Waals surface area contributed by atoms with Crippen molar-refractivity contribution >= 4 is 17.5 Å². The maximum absolute atomic E-state index is 12.5. The lowest BCUT2D eigenvalue weighted by Crippen LogP contribution is -2.25. The van der Waals surface area contributed by atoms with Crippen LogP contribution < -0.4 is 0 Å². The summed E-state index contributed by atoms with van der Waals surface area (Å²) in [6, 6.07) is 8.71. The van der Waals surface area contributed by atoms with Crippen molar-refractivity contribution in [3.05, 3.63) is 48.0 Å². The summed E-state index contributed by atoms with van der Waals surface area (Å²) < 4.78 is 5.74. The van der Waals surface area contributed by atoms with E-state index in [0.29, 0.717) is 18.4 Å². The molecule has 5 heteroatoms. The van der Waals surface area contributed by atoms with Gasteiger partial charge in [0.1, 0.15) is 6.10 Å². The number of carbonyl (C=O) groups is 3. The zero-order chi connectivity index (χ0) is 21.7. The molecule has 6 atom stereocenters. The smallest absolute Gasteiger partial charge is 0.338 e. The monoisotopic (exact) mass is 408 g/mol. The summed E-state index contributed by atoms with van der Waals surface area (Å²) in [5, 5.41) is 10.5. The minimum absolute atomic E-state index is 0.0466. The first-order valence-electron chi connectivity index (χ1n) is 10.6. The molecule has 158 valence electrons. The molecule has 0 radical (unpaired) electrons. The van der Waals surface area contributed by atoms with Crippen molar-refractivity contribution in [3.63, 3.8) is 0 Å². The molecule has 2 saturated carbocycles. The lowest BCUT2D eigenvalue weighted by Gasteiger charge is -2.22. The summed E-state index contributed by atoms with van der Waals surface area (Å²) in [5.74, 6) is 3.97. The highest BCUT2D eigenvalue weighted by atomic mass is 16.5. The molecule has 0 aromatic heterocycles. The molecule has 2 aliphatic rings. The van der Waals surface area contributed by atoms with E-state index in [1.54, 1.807) is 30.3 Å². The predicted molar refractivity (Wildman–Crippen MR) is 112 cm³/mol. The van der Waals surface area contributed by atoms with Crippen LogP contribution in [0.25, 0.3) is 0 Å². The Labute approximate surface area is 177 Å². The Morgan fingerprint density at radius 3 is 2.70 bits per heavy atom. The van der Waals surface area contributed by atoms with Crippen LogP contribution in [0.5, 0.6) is 0 Å². The topological polar surface area (TPSA) is 80.7 Å². The lowest BCUT2D eigenvalue weighted by atomic mass is 9.89. The molecular weight excluding hydrogens is 380 g/mol. The number of aliphatic hydroxyl groups is 1.